The molecule has 1 saturated heterocycles. The van der Waals surface area contributed by atoms with Crippen molar-refractivity contribution >= 4 is 11.6 Å². The largest absolute Gasteiger partial charge is 0.442 e. The summed E-state index contributed by atoms with van der Waals surface area (Å²) in [5, 5.41) is 0. The van der Waals surface area contributed by atoms with Crippen molar-refractivity contribution in [2.24, 2.45) is 0 Å². The number of oxazole rings is 1. The summed E-state index contributed by atoms with van der Waals surface area (Å²) in [6, 6.07) is 0. The maximum absolute atomic E-state index is 5.55. The van der Waals surface area contributed by atoms with Gasteiger partial charge in [-0.05, 0) is 0 Å². The van der Waals surface area contributed by atoms with Crippen LogP contribution < -0.4 is 0 Å². The quantitative estimate of drug-likeness (QED) is 0.684. The lowest BCUT2D eigenvalue weighted by atomic mass is 10.3. The minimum atomic E-state index is -0.127. The Labute approximate surface area is 80.8 Å². The summed E-state index contributed by atoms with van der Waals surface area (Å²) in [5.41, 5.74) is 0. The van der Waals surface area contributed by atoms with Gasteiger partial charge >= 0.3 is 0 Å². The molecule has 0 saturated carbocycles. The van der Waals surface area contributed by atoms with Crippen LogP contribution >= 0.6 is 11.6 Å². The molecule has 0 spiro atoms. The fraction of sp³-hybridized carbons (Fsp3) is 0.625. The van der Waals surface area contributed by atoms with Crippen LogP contribution in [0.5, 0.6) is 0 Å². The van der Waals surface area contributed by atoms with Crippen LogP contribution in [0.2, 0.25) is 0 Å². The second-order valence-electron chi connectivity index (χ2n) is 2.72. The first kappa shape index (κ1) is 8.99. The van der Waals surface area contributed by atoms with Gasteiger partial charge in [-0.3, -0.25) is 0 Å². The first-order chi connectivity index (χ1) is 6.40. The maximum Gasteiger partial charge on any atom is 0.209 e. The van der Waals surface area contributed by atoms with Crippen LogP contribution in [0.3, 0.4) is 0 Å². The van der Waals surface area contributed by atoms with Crippen LogP contribution in [-0.4, -0.2) is 24.8 Å². The molecule has 0 bridgehead atoms. The molecule has 13 heavy (non-hydrogen) atoms. The smallest absolute Gasteiger partial charge is 0.209 e. The molecule has 2 rings (SSSR count). The van der Waals surface area contributed by atoms with E-state index >= 15 is 0 Å². The highest BCUT2D eigenvalue weighted by Crippen LogP contribution is 2.21. The first-order valence-electron chi connectivity index (χ1n) is 4.10. The van der Waals surface area contributed by atoms with Crippen molar-refractivity contribution in [1.82, 2.24) is 4.98 Å². The van der Waals surface area contributed by atoms with Gasteiger partial charge in [-0.1, -0.05) is 0 Å². The van der Waals surface area contributed by atoms with Gasteiger partial charge in [0.1, 0.15) is 6.10 Å². The second kappa shape index (κ2) is 4.09. The molecular formula is C8H10ClNO3. The Bertz CT molecular complexity index is 270. The average Bonchev–Trinajstić information content (AvgIpc) is 2.67. The zero-order chi connectivity index (χ0) is 9.10. The van der Waals surface area contributed by atoms with Crippen molar-refractivity contribution in [3.8, 4) is 0 Å². The number of hydrogen-bond donors (Lipinski definition) is 0. The SMILES string of the molecule is ClCc1ncc(C2COCCO2)o1. The number of rotatable bonds is 2. The zero-order valence-electron chi connectivity index (χ0n) is 7.03. The third-order valence-electron chi connectivity index (χ3n) is 1.82. The van der Waals surface area contributed by atoms with Gasteiger partial charge in [0.05, 0.1) is 31.9 Å². The normalized spacial score (nSPS) is 23.3. The number of nitrogens with zero attached hydrogens (tertiary/aromatic N) is 1. The number of alkyl halides is 1. The van der Waals surface area contributed by atoms with Gasteiger partial charge in [-0.25, -0.2) is 4.98 Å². The predicted octanol–water partition coefficient (Wildman–Crippen LogP) is 1.50. The Morgan fingerprint density at radius 1 is 1.54 bits per heavy atom. The Morgan fingerprint density at radius 2 is 2.46 bits per heavy atom. The minimum Gasteiger partial charge on any atom is -0.442 e. The number of aromatic nitrogens is 1. The fourth-order valence-corrected chi connectivity index (χ4v) is 1.31. The van der Waals surface area contributed by atoms with E-state index in [1.165, 1.54) is 0 Å². The highest BCUT2D eigenvalue weighted by molar-refractivity contribution is 6.16. The lowest BCUT2D eigenvalue weighted by Crippen LogP contribution is -2.21. The molecule has 1 aliphatic heterocycles. The Hall–Kier alpha value is -0.580. The van der Waals surface area contributed by atoms with Gasteiger partial charge in [-0.2, -0.15) is 0 Å². The lowest BCUT2D eigenvalue weighted by molar-refractivity contribution is -0.0977. The van der Waals surface area contributed by atoms with E-state index < -0.39 is 0 Å². The van der Waals surface area contributed by atoms with Crippen LogP contribution in [0.1, 0.15) is 17.8 Å². The van der Waals surface area contributed by atoms with Crippen molar-refractivity contribution in [3.63, 3.8) is 0 Å². The standard InChI is InChI=1S/C8H10ClNO3/c9-3-8-10-4-6(13-8)7-5-11-1-2-12-7/h4,7H,1-3,5H2. The molecule has 4 nitrogen and oxygen atoms in total. The second-order valence-corrected chi connectivity index (χ2v) is 2.99. The maximum atomic E-state index is 5.55. The molecule has 1 aromatic rings. The molecule has 0 amide bonds. The molecular weight excluding hydrogens is 194 g/mol. The van der Waals surface area contributed by atoms with Crippen LogP contribution in [0.4, 0.5) is 0 Å². The van der Waals surface area contributed by atoms with E-state index in [1.807, 2.05) is 0 Å². The zero-order valence-corrected chi connectivity index (χ0v) is 7.79. The van der Waals surface area contributed by atoms with Crippen molar-refractivity contribution < 1.29 is 13.9 Å². The molecule has 1 fully saturated rings. The molecule has 1 aromatic heterocycles. The lowest BCUT2D eigenvalue weighted by Gasteiger charge is -2.20. The summed E-state index contributed by atoms with van der Waals surface area (Å²) >= 11 is 5.55. The van der Waals surface area contributed by atoms with Crippen LogP contribution in [-0.2, 0) is 15.4 Å². The van der Waals surface area contributed by atoms with E-state index in [2.05, 4.69) is 4.98 Å². The van der Waals surface area contributed by atoms with Crippen molar-refractivity contribution in [1.29, 1.82) is 0 Å². The van der Waals surface area contributed by atoms with Gasteiger partial charge in [0.25, 0.3) is 0 Å². The molecule has 1 aliphatic rings. The molecule has 0 radical (unpaired) electrons. The summed E-state index contributed by atoms with van der Waals surface area (Å²) in [6.07, 6.45) is 1.51. The Morgan fingerprint density at radius 3 is 3.08 bits per heavy atom. The van der Waals surface area contributed by atoms with E-state index in [4.69, 9.17) is 25.5 Å². The van der Waals surface area contributed by atoms with E-state index in [9.17, 15) is 0 Å². The van der Waals surface area contributed by atoms with Crippen LogP contribution in [0.25, 0.3) is 0 Å². The summed E-state index contributed by atoms with van der Waals surface area (Å²) in [5.74, 6) is 1.49. The highest BCUT2D eigenvalue weighted by Gasteiger charge is 2.20. The third kappa shape index (κ3) is 2.02. The van der Waals surface area contributed by atoms with Gasteiger partial charge in [0.15, 0.2) is 5.76 Å². The monoisotopic (exact) mass is 203 g/mol. The van der Waals surface area contributed by atoms with E-state index in [1.54, 1.807) is 6.20 Å². The molecule has 0 N–H and O–H groups in total. The molecule has 0 aliphatic carbocycles. The third-order valence-corrected chi connectivity index (χ3v) is 2.05. The average molecular weight is 204 g/mol. The van der Waals surface area contributed by atoms with Crippen LogP contribution in [0, 0.1) is 0 Å². The van der Waals surface area contributed by atoms with E-state index in [0.29, 0.717) is 31.5 Å². The number of ether oxygens (including phenoxy) is 2. The molecule has 2 heterocycles. The van der Waals surface area contributed by atoms with Gasteiger partial charge in [0, 0.05) is 0 Å². The molecule has 5 heteroatoms. The first-order valence-corrected chi connectivity index (χ1v) is 4.63. The summed E-state index contributed by atoms with van der Waals surface area (Å²) < 4.78 is 16.0. The summed E-state index contributed by atoms with van der Waals surface area (Å²) in [7, 11) is 0. The van der Waals surface area contributed by atoms with Crippen LogP contribution in [0.15, 0.2) is 10.6 Å². The Balaban J connectivity index is 2.05. The minimum absolute atomic E-state index is 0.127. The molecule has 1 atom stereocenters. The highest BCUT2D eigenvalue weighted by atomic mass is 35.5. The van der Waals surface area contributed by atoms with Gasteiger partial charge in [0.2, 0.25) is 5.89 Å². The summed E-state index contributed by atoms with van der Waals surface area (Å²) in [4.78, 5) is 3.98. The predicted molar refractivity (Wildman–Crippen MR) is 45.6 cm³/mol. The van der Waals surface area contributed by atoms with Crippen molar-refractivity contribution in [3.05, 3.63) is 17.8 Å². The Kier molecular flexibility index (Phi) is 2.83. The van der Waals surface area contributed by atoms with E-state index in [0.717, 1.165) is 0 Å². The molecule has 0 aromatic carbocycles. The van der Waals surface area contributed by atoms with Crippen molar-refractivity contribution in [2.45, 2.75) is 12.0 Å². The fourth-order valence-electron chi connectivity index (χ4n) is 1.19. The van der Waals surface area contributed by atoms with E-state index in [-0.39, 0.29) is 12.0 Å². The molecule has 72 valence electrons. The van der Waals surface area contributed by atoms with Crippen molar-refractivity contribution in [2.75, 3.05) is 19.8 Å². The number of halogens is 1. The number of hydrogen-bond acceptors (Lipinski definition) is 4. The summed E-state index contributed by atoms with van der Waals surface area (Å²) in [6.45, 7) is 1.77. The van der Waals surface area contributed by atoms with Gasteiger partial charge < -0.3 is 13.9 Å². The topological polar surface area (TPSA) is 44.5 Å². The van der Waals surface area contributed by atoms with Gasteiger partial charge in [-0.15, -0.1) is 11.6 Å². The molecule has 1 unspecified atom stereocenters.